The van der Waals surface area contributed by atoms with Crippen LogP contribution in [-0.4, -0.2) is 49.6 Å². The second kappa shape index (κ2) is 21.2. The molecule has 2 atom stereocenters. The van der Waals surface area contributed by atoms with Crippen LogP contribution in [0.15, 0.2) is 72.8 Å². The van der Waals surface area contributed by atoms with Crippen LogP contribution in [0.4, 0.5) is 37.7 Å². The van der Waals surface area contributed by atoms with Crippen LogP contribution in [0.1, 0.15) is 62.8 Å². The van der Waals surface area contributed by atoms with E-state index < -0.39 is 23.2 Å². The molecule has 2 aliphatic rings. The van der Waals surface area contributed by atoms with Crippen LogP contribution in [0.25, 0.3) is 0 Å². The Hall–Kier alpha value is -2.61. The van der Waals surface area contributed by atoms with E-state index >= 15 is 0 Å². The van der Waals surface area contributed by atoms with E-state index in [1.54, 1.807) is 46.2 Å². The molecule has 2 unspecified atom stereocenters. The number of carbonyl (C=O) groups is 2. The highest BCUT2D eigenvalue weighted by atomic mass is 35.5. The van der Waals surface area contributed by atoms with Crippen LogP contribution >= 0.6 is 81.2 Å². The number of halogens is 13. The van der Waals surface area contributed by atoms with E-state index in [1.165, 1.54) is 50.2 Å². The standard InChI is InChI=1S/C21H19Cl3F3NO.C18H16Cl3F3N2.C2H3ClO.CH4/c1-13(29)2-3-14-4-5-18(11-19(14)24)28-7-6-20(12-28,21(25,26)27)15-8-16(22)10-17(23)9-15;19-13-5-12(6-14(20)7-13)17(18(22,23)24)3-4-26(10-17)15-2-1-11(9-25)16(21)8-15;1-2(3)4;/h4-5,8-11H,2-3,6-7,12H2,1H3;1-2,5-8H,3-4,9-10,25H2;1H3;1H4. The Morgan fingerprint density at radius 2 is 0.983 bits per heavy atom. The molecule has 2 saturated heterocycles. The van der Waals surface area contributed by atoms with Crippen molar-refractivity contribution in [3.05, 3.63) is 125 Å². The van der Waals surface area contributed by atoms with Crippen LogP contribution in [-0.2, 0) is 33.4 Å². The van der Waals surface area contributed by atoms with Gasteiger partial charge in [0.15, 0.2) is 0 Å². The molecule has 328 valence electrons. The molecule has 6 rings (SSSR count). The van der Waals surface area contributed by atoms with Gasteiger partial charge in [-0.25, -0.2) is 0 Å². The van der Waals surface area contributed by atoms with Gasteiger partial charge in [0.05, 0.1) is 0 Å². The van der Waals surface area contributed by atoms with E-state index in [0.29, 0.717) is 34.3 Å². The minimum Gasteiger partial charge on any atom is -0.370 e. The number of hydrogen-bond donors (Lipinski definition) is 1. The highest BCUT2D eigenvalue weighted by Crippen LogP contribution is 2.51. The predicted octanol–water partition coefficient (Wildman–Crippen LogP) is 14.1. The van der Waals surface area contributed by atoms with Crippen LogP contribution in [0.5, 0.6) is 0 Å². The van der Waals surface area contributed by atoms with Crippen molar-refractivity contribution in [2.75, 3.05) is 36.0 Å². The number of anilines is 2. The van der Waals surface area contributed by atoms with Gasteiger partial charge in [0.25, 0.3) is 0 Å². The van der Waals surface area contributed by atoms with Crippen molar-refractivity contribution in [1.29, 1.82) is 0 Å². The van der Waals surface area contributed by atoms with Crippen molar-refractivity contribution >= 4 is 104 Å². The zero-order valence-corrected chi connectivity index (χ0v) is 36.8. The molecule has 0 spiro atoms. The van der Waals surface area contributed by atoms with Gasteiger partial charge in [-0.15, -0.1) is 0 Å². The van der Waals surface area contributed by atoms with Gasteiger partial charge >= 0.3 is 12.4 Å². The molecule has 2 fully saturated rings. The van der Waals surface area contributed by atoms with Gasteiger partial charge in [-0.3, -0.25) is 4.79 Å². The summed E-state index contributed by atoms with van der Waals surface area (Å²) in [5, 5.41) is 1.24. The third-order valence-corrected chi connectivity index (χ3v) is 11.8. The van der Waals surface area contributed by atoms with Gasteiger partial charge in [0.1, 0.15) is 16.6 Å². The molecule has 60 heavy (non-hydrogen) atoms. The normalized spacial score (nSPS) is 18.9. The number of alkyl halides is 6. The first-order chi connectivity index (χ1) is 27.4. The lowest BCUT2D eigenvalue weighted by Crippen LogP contribution is -2.44. The van der Waals surface area contributed by atoms with Crippen molar-refractivity contribution < 1.29 is 35.9 Å². The Bertz CT molecular complexity index is 2110. The van der Waals surface area contributed by atoms with Crippen molar-refractivity contribution in [1.82, 2.24) is 0 Å². The Kier molecular flexibility index (Phi) is 18.3. The molecule has 18 heteroatoms. The minimum atomic E-state index is -4.47. The van der Waals surface area contributed by atoms with Crippen molar-refractivity contribution in [3.8, 4) is 0 Å². The number of benzene rings is 4. The quantitative estimate of drug-likeness (QED) is 0.141. The van der Waals surface area contributed by atoms with Crippen LogP contribution in [0.2, 0.25) is 30.1 Å². The lowest BCUT2D eigenvalue weighted by atomic mass is 9.79. The fourth-order valence-corrected chi connectivity index (χ4v) is 8.70. The Labute approximate surface area is 380 Å². The summed E-state index contributed by atoms with van der Waals surface area (Å²) in [4.78, 5) is 23.7. The molecular weight excluding hydrogens is 941 g/mol. The number of carbonyl (C=O) groups excluding carboxylic acids is 2. The van der Waals surface area contributed by atoms with Gasteiger partial charge in [-0.1, -0.05) is 89.2 Å². The molecule has 2 aliphatic heterocycles. The monoisotopic (exact) mass is 979 g/mol. The summed E-state index contributed by atoms with van der Waals surface area (Å²) in [5.41, 5.74) is 4.41. The van der Waals surface area contributed by atoms with Crippen molar-refractivity contribution in [2.24, 2.45) is 5.73 Å². The molecule has 0 aliphatic carbocycles. The first-order valence-electron chi connectivity index (χ1n) is 17.9. The number of rotatable bonds is 8. The van der Waals surface area contributed by atoms with Crippen LogP contribution < -0.4 is 15.5 Å². The van der Waals surface area contributed by atoms with Gasteiger partial charge in [0.2, 0.25) is 5.24 Å². The molecule has 0 aromatic heterocycles. The topological polar surface area (TPSA) is 66.6 Å². The van der Waals surface area contributed by atoms with E-state index in [9.17, 15) is 35.9 Å². The van der Waals surface area contributed by atoms with E-state index in [4.69, 9.17) is 75.3 Å². The van der Waals surface area contributed by atoms with E-state index in [2.05, 4.69) is 11.6 Å². The number of ketones is 1. The summed E-state index contributed by atoms with van der Waals surface area (Å²) >= 11 is 41.0. The number of Topliss-reactive ketones (excluding diaryl/α,β-unsaturated/α-hetero) is 1. The summed E-state index contributed by atoms with van der Waals surface area (Å²) in [6, 6.07) is 18.5. The lowest BCUT2D eigenvalue weighted by molar-refractivity contribution is -0.185. The number of hydrogen-bond acceptors (Lipinski definition) is 5. The van der Waals surface area contributed by atoms with Crippen LogP contribution in [0.3, 0.4) is 0 Å². The summed E-state index contributed by atoms with van der Waals surface area (Å²) in [7, 11) is 0. The predicted molar refractivity (Wildman–Crippen MR) is 235 cm³/mol. The molecule has 0 bridgehead atoms. The number of nitrogens with zero attached hydrogens (tertiary/aromatic N) is 2. The fourth-order valence-electron chi connectivity index (χ4n) is 7.13. The largest absolute Gasteiger partial charge is 0.400 e. The third kappa shape index (κ3) is 12.5. The lowest BCUT2D eigenvalue weighted by Gasteiger charge is -2.33. The maximum absolute atomic E-state index is 14.2. The van der Waals surface area contributed by atoms with Gasteiger partial charge in [-0.2, -0.15) is 26.3 Å². The first kappa shape index (κ1) is 51.7. The summed E-state index contributed by atoms with van der Waals surface area (Å²) in [5.74, 6) is 0.0554. The second-order valence-corrected chi connectivity index (χ2v) is 17.3. The zero-order valence-electron chi connectivity index (χ0n) is 31.5. The van der Waals surface area contributed by atoms with Gasteiger partial charge in [0, 0.05) is 87.6 Å². The van der Waals surface area contributed by atoms with Gasteiger partial charge < -0.3 is 20.3 Å². The molecule has 2 heterocycles. The average molecular weight is 983 g/mol. The average Bonchev–Trinajstić information content (AvgIpc) is 3.78. The Balaban J connectivity index is 0.000000291. The summed E-state index contributed by atoms with van der Waals surface area (Å²) in [6.45, 7) is 3.04. The molecule has 0 radical (unpaired) electrons. The number of aryl methyl sites for hydroxylation is 1. The molecule has 4 aromatic carbocycles. The summed E-state index contributed by atoms with van der Waals surface area (Å²) < 4.78 is 84.9. The fraction of sp³-hybridized carbons (Fsp3) is 0.381. The molecule has 0 amide bonds. The minimum absolute atomic E-state index is 0. The molecule has 4 aromatic rings. The maximum Gasteiger partial charge on any atom is 0.400 e. The Morgan fingerprint density at radius 1 is 0.633 bits per heavy atom. The smallest absolute Gasteiger partial charge is 0.370 e. The highest BCUT2D eigenvalue weighted by Gasteiger charge is 2.60. The first-order valence-corrected chi connectivity index (χ1v) is 20.5. The molecule has 0 saturated carbocycles. The number of nitrogens with two attached hydrogens (primary N) is 1. The molecule has 5 nitrogen and oxygen atoms in total. The molecule has 2 N–H and O–H groups in total. The van der Waals surface area contributed by atoms with Crippen molar-refractivity contribution in [2.45, 2.75) is 76.7 Å². The maximum atomic E-state index is 14.2. The highest BCUT2D eigenvalue weighted by molar-refractivity contribution is 6.62. The third-order valence-electron chi connectivity index (χ3n) is 10.2. The Morgan fingerprint density at radius 3 is 1.28 bits per heavy atom. The molecular formula is C42H42Cl7F6N3O2. The van der Waals surface area contributed by atoms with Crippen molar-refractivity contribution in [3.63, 3.8) is 0 Å². The zero-order chi connectivity index (χ0) is 44.1. The SMILES string of the molecule is C.CC(=O)CCc1ccc(N2CCC(c3cc(Cl)cc(Cl)c3)(C(F)(F)F)C2)cc1Cl.CC(=O)Cl.NCc1ccc(N2CCC(c3cc(Cl)cc(Cl)c3)(C(F)(F)F)C2)cc1Cl. The summed E-state index contributed by atoms with van der Waals surface area (Å²) in [6.07, 6.45) is -8.25. The van der Waals surface area contributed by atoms with E-state index in [-0.39, 0.29) is 95.2 Å². The van der Waals surface area contributed by atoms with E-state index in [0.717, 1.165) is 11.1 Å². The second-order valence-electron chi connectivity index (χ2n) is 14.2. The van der Waals surface area contributed by atoms with Gasteiger partial charge in [-0.05, 0) is 121 Å². The van der Waals surface area contributed by atoms with E-state index in [1.807, 2.05) is 0 Å². The van der Waals surface area contributed by atoms with Crippen LogP contribution in [0, 0.1) is 0 Å².